The van der Waals surface area contributed by atoms with Crippen LogP contribution < -0.4 is 4.74 Å². The van der Waals surface area contributed by atoms with Crippen molar-refractivity contribution in [1.82, 2.24) is 0 Å². The second-order valence-electron chi connectivity index (χ2n) is 5.07. The Balaban J connectivity index is 2.07. The van der Waals surface area contributed by atoms with E-state index < -0.39 is 0 Å². The van der Waals surface area contributed by atoms with Gasteiger partial charge in [0.2, 0.25) is 0 Å². The summed E-state index contributed by atoms with van der Waals surface area (Å²) in [5.41, 5.74) is 2.80. The molecule has 0 bridgehead atoms. The quantitative estimate of drug-likeness (QED) is 0.741. The average molecular weight is 232 g/mol. The smallest absolute Gasteiger partial charge is 0.120 e. The molecule has 0 aliphatic heterocycles. The van der Waals surface area contributed by atoms with Crippen molar-refractivity contribution in [1.29, 1.82) is 0 Å². The van der Waals surface area contributed by atoms with Crippen LogP contribution in [0.3, 0.4) is 0 Å². The zero-order valence-corrected chi connectivity index (χ0v) is 11.2. The van der Waals surface area contributed by atoms with Gasteiger partial charge in [0.1, 0.15) is 5.75 Å². The lowest BCUT2D eigenvalue weighted by Gasteiger charge is -2.23. The highest BCUT2D eigenvalue weighted by atomic mass is 16.5. The van der Waals surface area contributed by atoms with Crippen molar-refractivity contribution >= 4 is 0 Å². The summed E-state index contributed by atoms with van der Waals surface area (Å²) in [6, 6.07) is 6.73. The molecule has 1 aromatic carbocycles. The molecule has 1 aliphatic carbocycles. The lowest BCUT2D eigenvalue weighted by atomic mass is 9.97. The zero-order valence-electron chi connectivity index (χ0n) is 11.2. The summed E-state index contributed by atoms with van der Waals surface area (Å²) in [6.45, 7) is 4.42. The molecular weight excluding hydrogens is 208 g/mol. The molecule has 0 spiro atoms. The molecule has 0 heterocycles. The van der Waals surface area contributed by atoms with Gasteiger partial charge in [0.15, 0.2) is 0 Å². The number of rotatable bonds is 4. The molecule has 0 unspecified atom stereocenters. The van der Waals surface area contributed by atoms with Gasteiger partial charge in [-0.1, -0.05) is 26.3 Å². The summed E-state index contributed by atoms with van der Waals surface area (Å²) in [7, 11) is 0. The van der Waals surface area contributed by atoms with E-state index in [-0.39, 0.29) is 0 Å². The predicted molar refractivity (Wildman–Crippen MR) is 72.7 cm³/mol. The van der Waals surface area contributed by atoms with Gasteiger partial charge in [0.05, 0.1) is 6.10 Å². The first kappa shape index (κ1) is 12.5. The number of benzene rings is 1. The van der Waals surface area contributed by atoms with E-state index in [0.29, 0.717) is 6.10 Å². The van der Waals surface area contributed by atoms with E-state index in [1.165, 1.54) is 43.2 Å². The second kappa shape index (κ2) is 6.09. The fourth-order valence-electron chi connectivity index (χ4n) is 2.58. The molecule has 0 amide bonds. The Bertz CT molecular complexity index is 328. The molecule has 0 N–H and O–H groups in total. The molecule has 1 fully saturated rings. The first-order chi connectivity index (χ1) is 8.31. The lowest BCUT2D eigenvalue weighted by molar-refractivity contribution is 0.155. The van der Waals surface area contributed by atoms with Crippen LogP contribution in [0.15, 0.2) is 18.2 Å². The molecule has 17 heavy (non-hydrogen) atoms. The minimum Gasteiger partial charge on any atom is -0.490 e. The third-order valence-electron chi connectivity index (χ3n) is 3.70. The standard InChI is InChI=1S/C16H24O/c1-3-13-10-14(4-2)12-16(11-13)17-15-8-6-5-7-9-15/h10-12,15H,3-9H2,1-2H3. The normalized spacial score (nSPS) is 17.1. The average Bonchev–Trinajstić information content (AvgIpc) is 2.39. The lowest BCUT2D eigenvalue weighted by Crippen LogP contribution is -2.19. The Morgan fingerprint density at radius 2 is 1.53 bits per heavy atom. The van der Waals surface area contributed by atoms with Gasteiger partial charge in [-0.2, -0.15) is 0 Å². The summed E-state index contributed by atoms with van der Waals surface area (Å²) in [4.78, 5) is 0. The molecule has 1 saturated carbocycles. The molecule has 1 heteroatoms. The van der Waals surface area contributed by atoms with Crippen LogP contribution >= 0.6 is 0 Å². The summed E-state index contributed by atoms with van der Waals surface area (Å²) < 4.78 is 6.14. The van der Waals surface area contributed by atoms with Crippen LogP contribution in [-0.2, 0) is 12.8 Å². The van der Waals surface area contributed by atoms with Crippen LogP contribution in [0.2, 0.25) is 0 Å². The molecule has 94 valence electrons. The number of hydrogen-bond donors (Lipinski definition) is 0. The first-order valence-corrected chi connectivity index (χ1v) is 7.11. The van der Waals surface area contributed by atoms with Gasteiger partial charge in [-0.15, -0.1) is 0 Å². The highest BCUT2D eigenvalue weighted by Crippen LogP contribution is 2.25. The third kappa shape index (κ3) is 3.49. The van der Waals surface area contributed by atoms with Crippen molar-refractivity contribution in [2.24, 2.45) is 0 Å². The van der Waals surface area contributed by atoms with Gasteiger partial charge in [-0.25, -0.2) is 0 Å². The Kier molecular flexibility index (Phi) is 4.47. The molecule has 0 aromatic heterocycles. The second-order valence-corrected chi connectivity index (χ2v) is 5.07. The van der Waals surface area contributed by atoms with E-state index in [1.54, 1.807) is 0 Å². The number of hydrogen-bond acceptors (Lipinski definition) is 1. The van der Waals surface area contributed by atoms with Gasteiger partial charge in [-0.05, 0) is 61.8 Å². The number of aryl methyl sites for hydroxylation is 2. The minimum atomic E-state index is 0.459. The number of ether oxygens (including phenoxy) is 1. The maximum absolute atomic E-state index is 6.14. The highest BCUT2D eigenvalue weighted by molar-refractivity contribution is 5.34. The highest BCUT2D eigenvalue weighted by Gasteiger charge is 2.15. The Morgan fingerprint density at radius 1 is 0.941 bits per heavy atom. The summed E-state index contributed by atoms with van der Waals surface area (Å²) in [6.07, 6.45) is 9.16. The summed E-state index contributed by atoms with van der Waals surface area (Å²) in [5, 5.41) is 0. The molecule has 0 radical (unpaired) electrons. The summed E-state index contributed by atoms with van der Waals surface area (Å²) >= 11 is 0. The van der Waals surface area contributed by atoms with Crippen molar-refractivity contribution in [3.8, 4) is 5.75 Å². The van der Waals surface area contributed by atoms with Crippen LogP contribution in [0.1, 0.15) is 57.1 Å². The van der Waals surface area contributed by atoms with Gasteiger partial charge in [0.25, 0.3) is 0 Å². The fourth-order valence-corrected chi connectivity index (χ4v) is 2.58. The van der Waals surface area contributed by atoms with Crippen LogP contribution in [0, 0.1) is 0 Å². The van der Waals surface area contributed by atoms with Gasteiger partial charge in [0, 0.05) is 0 Å². The molecule has 2 rings (SSSR count). The monoisotopic (exact) mass is 232 g/mol. The van der Waals surface area contributed by atoms with Crippen LogP contribution in [-0.4, -0.2) is 6.10 Å². The zero-order chi connectivity index (χ0) is 12.1. The largest absolute Gasteiger partial charge is 0.490 e. The summed E-state index contributed by atoms with van der Waals surface area (Å²) in [5.74, 6) is 1.09. The first-order valence-electron chi connectivity index (χ1n) is 7.11. The fraction of sp³-hybridized carbons (Fsp3) is 0.625. The van der Waals surface area contributed by atoms with Crippen molar-refractivity contribution in [2.75, 3.05) is 0 Å². The predicted octanol–water partition coefficient (Wildman–Crippen LogP) is 4.52. The molecule has 1 aliphatic rings. The van der Waals surface area contributed by atoms with Crippen LogP contribution in [0.25, 0.3) is 0 Å². The van der Waals surface area contributed by atoms with Gasteiger partial charge in [-0.3, -0.25) is 0 Å². The third-order valence-corrected chi connectivity index (χ3v) is 3.70. The molecular formula is C16H24O. The Hall–Kier alpha value is -0.980. The molecule has 0 atom stereocenters. The van der Waals surface area contributed by atoms with Crippen LogP contribution in [0.4, 0.5) is 0 Å². The van der Waals surface area contributed by atoms with Gasteiger partial charge >= 0.3 is 0 Å². The van der Waals surface area contributed by atoms with E-state index in [2.05, 4.69) is 32.0 Å². The van der Waals surface area contributed by atoms with Crippen molar-refractivity contribution in [2.45, 2.75) is 64.9 Å². The van der Waals surface area contributed by atoms with E-state index in [1.807, 2.05) is 0 Å². The van der Waals surface area contributed by atoms with E-state index in [4.69, 9.17) is 4.74 Å². The minimum absolute atomic E-state index is 0.459. The van der Waals surface area contributed by atoms with Crippen molar-refractivity contribution in [3.63, 3.8) is 0 Å². The molecule has 1 nitrogen and oxygen atoms in total. The molecule has 1 aromatic rings. The Labute approximate surface area is 105 Å². The van der Waals surface area contributed by atoms with E-state index in [0.717, 1.165) is 18.6 Å². The van der Waals surface area contributed by atoms with Gasteiger partial charge < -0.3 is 4.74 Å². The topological polar surface area (TPSA) is 9.23 Å². The maximum atomic E-state index is 6.14. The van der Waals surface area contributed by atoms with E-state index in [9.17, 15) is 0 Å². The maximum Gasteiger partial charge on any atom is 0.120 e. The van der Waals surface area contributed by atoms with Crippen molar-refractivity contribution in [3.05, 3.63) is 29.3 Å². The Morgan fingerprint density at radius 3 is 2.06 bits per heavy atom. The van der Waals surface area contributed by atoms with E-state index >= 15 is 0 Å². The SMILES string of the molecule is CCc1cc(CC)cc(OC2CCCCC2)c1. The van der Waals surface area contributed by atoms with Crippen LogP contribution in [0.5, 0.6) is 5.75 Å². The molecule has 0 saturated heterocycles. The van der Waals surface area contributed by atoms with Crippen molar-refractivity contribution < 1.29 is 4.74 Å².